The SMILES string of the molecule is CNC(=O)CN1C(=O)C(c2ccccc2)Oc2ccc(N)nc21. The van der Waals surface area contributed by atoms with Gasteiger partial charge in [0.15, 0.2) is 11.6 Å². The molecule has 0 spiro atoms. The van der Waals surface area contributed by atoms with E-state index in [1.54, 1.807) is 24.3 Å². The second kappa shape index (κ2) is 5.96. The summed E-state index contributed by atoms with van der Waals surface area (Å²) in [5, 5.41) is 2.50. The monoisotopic (exact) mass is 312 g/mol. The molecular formula is C16H16N4O3. The third-order valence-corrected chi connectivity index (χ3v) is 3.53. The van der Waals surface area contributed by atoms with Crippen molar-refractivity contribution in [2.24, 2.45) is 0 Å². The van der Waals surface area contributed by atoms with Crippen LogP contribution in [-0.2, 0) is 9.59 Å². The normalized spacial score (nSPS) is 16.5. The maximum Gasteiger partial charge on any atom is 0.274 e. The van der Waals surface area contributed by atoms with Gasteiger partial charge in [-0.1, -0.05) is 30.3 Å². The third-order valence-electron chi connectivity index (χ3n) is 3.53. The van der Waals surface area contributed by atoms with Gasteiger partial charge >= 0.3 is 0 Å². The number of nitrogens with one attached hydrogen (secondary N) is 1. The van der Waals surface area contributed by atoms with Crippen molar-refractivity contribution in [1.82, 2.24) is 10.3 Å². The van der Waals surface area contributed by atoms with E-state index in [-0.39, 0.29) is 30.0 Å². The lowest BCUT2D eigenvalue weighted by molar-refractivity contribution is -0.129. The lowest BCUT2D eigenvalue weighted by Crippen LogP contribution is -2.46. The molecule has 3 N–H and O–H groups in total. The molecule has 23 heavy (non-hydrogen) atoms. The number of ether oxygens (including phenoxy) is 1. The van der Waals surface area contributed by atoms with Gasteiger partial charge < -0.3 is 15.8 Å². The standard InChI is InChI=1S/C16H16N4O3/c1-18-13(21)9-20-15-11(7-8-12(17)19-15)23-14(16(20)22)10-5-3-2-4-6-10/h2-8,14H,9H2,1H3,(H2,17,19)(H,18,21). The van der Waals surface area contributed by atoms with E-state index in [0.717, 1.165) is 0 Å². The molecule has 2 aromatic rings. The Kier molecular flexibility index (Phi) is 3.84. The maximum absolute atomic E-state index is 12.8. The maximum atomic E-state index is 12.8. The highest BCUT2D eigenvalue weighted by Crippen LogP contribution is 2.37. The van der Waals surface area contributed by atoms with Crippen molar-refractivity contribution < 1.29 is 14.3 Å². The summed E-state index contributed by atoms with van der Waals surface area (Å²) in [6.45, 7) is -0.147. The molecule has 2 amide bonds. The number of nitrogens with two attached hydrogens (primary N) is 1. The van der Waals surface area contributed by atoms with Gasteiger partial charge in [0.2, 0.25) is 12.0 Å². The molecule has 0 fully saturated rings. The molecule has 0 saturated heterocycles. The number of likely N-dealkylation sites (N-methyl/N-ethyl adjacent to an activating group) is 1. The zero-order valence-corrected chi connectivity index (χ0v) is 12.5. The summed E-state index contributed by atoms with van der Waals surface area (Å²) in [6.07, 6.45) is -0.821. The van der Waals surface area contributed by atoms with Crippen molar-refractivity contribution >= 4 is 23.5 Å². The Morgan fingerprint density at radius 1 is 1.30 bits per heavy atom. The molecule has 1 aliphatic heterocycles. The molecule has 0 bridgehead atoms. The zero-order chi connectivity index (χ0) is 16.4. The topological polar surface area (TPSA) is 97.5 Å². The van der Waals surface area contributed by atoms with Crippen LogP contribution in [0.2, 0.25) is 0 Å². The third kappa shape index (κ3) is 2.80. The highest BCUT2D eigenvalue weighted by atomic mass is 16.5. The molecule has 0 saturated carbocycles. The van der Waals surface area contributed by atoms with Gasteiger partial charge in [-0.05, 0) is 12.1 Å². The van der Waals surface area contributed by atoms with Gasteiger partial charge in [0, 0.05) is 12.6 Å². The highest BCUT2D eigenvalue weighted by molar-refractivity contribution is 6.03. The molecule has 7 heteroatoms. The Morgan fingerprint density at radius 3 is 2.74 bits per heavy atom. The number of benzene rings is 1. The Labute approximate surface area is 133 Å². The van der Waals surface area contributed by atoms with Crippen LogP contribution in [0.5, 0.6) is 5.75 Å². The van der Waals surface area contributed by atoms with Gasteiger partial charge in [-0.15, -0.1) is 0 Å². The number of nitrogens with zero attached hydrogens (tertiary/aromatic N) is 2. The molecule has 0 aliphatic carbocycles. The van der Waals surface area contributed by atoms with E-state index in [1.165, 1.54) is 11.9 Å². The minimum atomic E-state index is -0.821. The molecule has 1 unspecified atom stereocenters. The fraction of sp³-hybridized carbons (Fsp3) is 0.188. The van der Waals surface area contributed by atoms with Crippen molar-refractivity contribution in [2.75, 3.05) is 24.2 Å². The number of nitrogen functional groups attached to an aromatic ring is 1. The quantitative estimate of drug-likeness (QED) is 0.876. The number of hydrogen-bond donors (Lipinski definition) is 2. The smallest absolute Gasteiger partial charge is 0.274 e. The highest BCUT2D eigenvalue weighted by Gasteiger charge is 2.37. The van der Waals surface area contributed by atoms with E-state index < -0.39 is 6.10 Å². The number of anilines is 2. The van der Waals surface area contributed by atoms with Crippen LogP contribution in [0, 0.1) is 0 Å². The number of rotatable bonds is 3. The Morgan fingerprint density at radius 2 is 2.04 bits per heavy atom. The number of pyridine rings is 1. The van der Waals surface area contributed by atoms with Crippen molar-refractivity contribution in [3.05, 3.63) is 48.0 Å². The van der Waals surface area contributed by atoms with Crippen LogP contribution in [-0.4, -0.2) is 30.4 Å². The second-order valence-electron chi connectivity index (χ2n) is 5.06. The van der Waals surface area contributed by atoms with Gasteiger partial charge in [-0.3, -0.25) is 14.5 Å². The predicted molar refractivity (Wildman–Crippen MR) is 84.9 cm³/mol. The molecule has 118 valence electrons. The molecule has 1 aliphatic rings. The minimum absolute atomic E-state index is 0.147. The number of amides is 2. The lowest BCUT2D eigenvalue weighted by atomic mass is 10.1. The first kappa shape index (κ1) is 14.8. The molecule has 2 heterocycles. The number of carbonyl (C=O) groups is 2. The Bertz CT molecular complexity index is 748. The average Bonchev–Trinajstić information content (AvgIpc) is 2.58. The van der Waals surface area contributed by atoms with Gasteiger partial charge in [0.05, 0.1) is 0 Å². The van der Waals surface area contributed by atoms with E-state index in [2.05, 4.69) is 10.3 Å². The van der Waals surface area contributed by atoms with E-state index in [4.69, 9.17) is 10.5 Å². The van der Waals surface area contributed by atoms with Gasteiger partial charge in [-0.25, -0.2) is 4.98 Å². The zero-order valence-electron chi connectivity index (χ0n) is 12.5. The van der Waals surface area contributed by atoms with Crippen LogP contribution < -0.4 is 20.7 Å². The van der Waals surface area contributed by atoms with E-state index in [1.807, 2.05) is 18.2 Å². The molecule has 1 aromatic carbocycles. The fourth-order valence-electron chi connectivity index (χ4n) is 2.37. The summed E-state index contributed by atoms with van der Waals surface area (Å²) < 4.78 is 5.79. The van der Waals surface area contributed by atoms with E-state index in [0.29, 0.717) is 11.3 Å². The van der Waals surface area contributed by atoms with Crippen molar-refractivity contribution in [3.63, 3.8) is 0 Å². The number of fused-ring (bicyclic) bond motifs is 1. The van der Waals surface area contributed by atoms with E-state index in [9.17, 15) is 9.59 Å². The number of hydrogen-bond acceptors (Lipinski definition) is 5. The summed E-state index contributed by atoms with van der Waals surface area (Å²) >= 11 is 0. The molecule has 0 radical (unpaired) electrons. The van der Waals surface area contributed by atoms with Crippen LogP contribution in [0.15, 0.2) is 42.5 Å². The fourth-order valence-corrected chi connectivity index (χ4v) is 2.37. The summed E-state index contributed by atoms with van der Waals surface area (Å²) in [5.74, 6) is 0.259. The first-order valence-corrected chi connectivity index (χ1v) is 7.10. The summed E-state index contributed by atoms with van der Waals surface area (Å²) in [4.78, 5) is 30.0. The van der Waals surface area contributed by atoms with Crippen LogP contribution in [0.4, 0.5) is 11.6 Å². The average molecular weight is 312 g/mol. The Hall–Kier alpha value is -3.09. The second-order valence-corrected chi connectivity index (χ2v) is 5.06. The van der Waals surface area contributed by atoms with Crippen LogP contribution in [0.1, 0.15) is 11.7 Å². The minimum Gasteiger partial charge on any atom is -0.472 e. The van der Waals surface area contributed by atoms with Crippen LogP contribution in [0.25, 0.3) is 0 Å². The molecule has 3 rings (SSSR count). The van der Waals surface area contributed by atoms with E-state index >= 15 is 0 Å². The van der Waals surface area contributed by atoms with Crippen LogP contribution in [0.3, 0.4) is 0 Å². The largest absolute Gasteiger partial charge is 0.472 e. The lowest BCUT2D eigenvalue weighted by Gasteiger charge is -2.33. The number of aromatic nitrogens is 1. The summed E-state index contributed by atoms with van der Waals surface area (Å²) in [5.41, 5.74) is 6.40. The van der Waals surface area contributed by atoms with Crippen molar-refractivity contribution in [1.29, 1.82) is 0 Å². The van der Waals surface area contributed by atoms with Gasteiger partial charge in [-0.2, -0.15) is 0 Å². The molecule has 1 aromatic heterocycles. The molecule has 7 nitrogen and oxygen atoms in total. The van der Waals surface area contributed by atoms with Crippen molar-refractivity contribution in [3.8, 4) is 5.75 Å². The first-order chi connectivity index (χ1) is 11.1. The van der Waals surface area contributed by atoms with Gasteiger partial charge in [0.1, 0.15) is 12.4 Å². The summed E-state index contributed by atoms with van der Waals surface area (Å²) in [6, 6.07) is 12.4. The molecular weight excluding hydrogens is 296 g/mol. The van der Waals surface area contributed by atoms with Gasteiger partial charge in [0.25, 0.3) is 5.91 Å². The number of carbonyl (C=O) groups excluding carboxylic acids is 2. The first-order valence-electron chi connectivity index (χ1n) is 7.10. The Balaban J connectivity index is 2.04. The van der Waals surface area contributed by atoms with Crippen molar-refractivity contribution in [2.45, 2.75) is 6.10 Å². The summed E-state index contributed by atoms with van der Waals surface area (Å²) in [7, 11) is 1.51. The molecule has 1 atom stereocenters. The predicted octanol–water partition coefficient (Wildman–Crippen LogP) is 0.876. The van der Waals surface area contributed by atoms with Crippen LogP contribution >= 0.6 is 0 Å².